The van der Waals surface area contributed by atoms with Gasteiger partial charge in [-0.3, -0.25) is 0 Å². The molecular formula is C25H21BrN4. The zero-order valence-corrected chi connectivity index (χ0v) is 18.2. The van der Waals surface area contributed by atoms with E-state index in [2.05, 4.69) is 100 Å². The SMILES string of the molecule is Cc1ccc(-c2nn(-c3ccccc3)cc2C2CC(c3ccc(Br)cc3)=NN2)cc1. The molecule has 5 heteroatoms. The minimum atomic E-state index is 0.0809. The number of benzene rings is 3. The van der Waals surface area contributed by atoms with Crippen molar-refractivity contribution in [2.75, 3.05) is 0 Å². The molecule has 4 aromatic rings. The van der Waals surface area contributed by atoms with Gasteiger partial charge in [0.25, 0.3) is 0 Å². The summed E-state index contributed by atoms with van der Waals surface area (Å²) in [7, 11) is 0. The molecule has 0 saturated heterocycles. The van der Waals surface area contributed by atoms with Gasteiger partial charge < -0.3 is 5.43 Å². The lowest BCUT2D eigenvalue weighted by Gasteiger charge is -2.10. The Morgan fingerprint density at radius 1 is 0.900 bits per heavy atom. The van der Waals surface area contributed by atoms with Gasteiger partial charge in [0.2, 0.25) is 0 Å². The molecule has 0 bridgehead atoms. The summed E-state index contributed by atoms with van der Waals surface area (Å²) in [6.45, 7) is 2.10. The number of hydrogen-bond donors (Lipinski definition) is 1. The second-order valence-corrected chi connectivity index (χ2v) is 8.45. The van der Waals surface area contributed by atoms with Gasteiger partial charge in [-0.15, -0.1) is 0 Å². The van der Waals surface area contributed by atoms with Gasteiger partial charge in [-0.2, -0.15) is 10.2 Å². The maximum Gasteiger partial charge on any atom is 0.0981 e. The molecule has 5 rings (SSSR count). The Morgan fingerprint density at radius 3 is 2.33 bits per heavy atom. The molecule has 0 fully saturated rings. The maximum absolute atomic E-state index is 4.95. The van der Waals surface area contributed by atoms with Crippen LogP contribution in [0.25, 0.3) is 16.9 Å². The average molecular weight is 457 g/mol. The van der Waals surface area contributed by atoms with E-state index in [1.807, 2.05) is 22.9 Å². The van der Waals surface area contributed by atoms with E-state index in [0.29, 0.717) is 0 Å². The largest absolute Gasteiger partial charge is 0.302 e. The molecule has 1 N–H and O–H groups in total. The molecule has 1 unspecified atom stereocenters. The van der Waals surface area contributed by atoms with Gasteiger partial charge in [0.15, 0.2) is 0 Å². The highest BCUT2D eigenvalue weighted by molar-refractivity contribution is 9.10. The minimum Gasteiger partial charge on any atom is -0.302 e. The third-order valence-corrected chi connectivity index (χ3v) is 5.92. The van der Waals surface area contributed by atoms with Crippen LogP contribution in [0.5, 0.6) is 0 Å². The lowest BCUT2D eigenvalue weighted by Crippen LogP contribution is -2.10. The van der Waals surface area contributed by atoms with Gasteiger partial charge in [-0.05, 0) is 36.8 Å². The highest BCUT2D eigenvalue weighted by Gasteiger charge is 2.26. The van der Waals surface area contributed by atoms with E-state index in [-0.39, 0.29) is 6.04 Å². The Balaban J connectivity index is 1.51. The Morgan fingerprint density at radius 2 is 1.60 bits per heavy atom. The van der Waals surface area contributed by atoms with Crippen LogP contribution in [-0.4, -0.2) is 15.5 Å². The summed E-state index contributed by atoms with van der Waals surface area (Å²) in [6.07, 6.45) is 2.95. The maximum atomic E-state index is 4.95. The van der Waals surface area contributed by atoms with Gasteiger partial charge in [0, 0.05) is 28.2 Å². The van der Waals surface area contributed by atoms with Crippen LogP contribution in [0.1, 0.15) is 29.2 Å². The number of aromatic nitrogens is 2. The molecule has 148 valence electrons. The number of para-hydroxylation sites is 1. The zero-order valence-electron chi connectivity index (χ0n) is 16.6. The molecular weight excluding hydrogens is 436 g/mol. The van der Waals surface area contributed by atoms with Crippen LogP contribution >= 0.6 is 15.9 Å². The highest BCUT2D eigenvalue weighted by atomic mass is 79.9. The van der Waals surface area contributed by atoms with Crippen molar-refractivity contribution in [3.63, 3.8) is 0 Å². The second kappa shape index (κ2) is 7.92. The topological polar surface area (TPSA) is 42.2 Å². The standard InChI is InChI=1S/C25H21BrN4/c1-17-7-9-19(10-8-17)25-22(16-30(29-25)21-5-3-2-4-6-21)24-15-23(27-28-24)18-11-13-20(26)14-12-18/h2-14,16,24,28H,15H2,1H3. The molecule has 1 aliphatic rings. The lowest BCUT2D eigenvalue weighted by molar-refractivity contribution is 0.621. The van der Waals surface area contributed by atoms with E-state index in [1.165, 1.54) is 5.56 Å². The number of rotatable bonds is 4. The van der Waals surface area contributed by atoms with Gasteiger partial charge in [0.1, 0.15) is 0 Å². The summed E-state index contributed by atoms with van der Waals surface area (Å²) < 4.78 is 3.03. The van der Waals surface area contributed by atoms with Crippen molar-refractivity contribution in [3.8, 4) is 16.9 Å². The van der Waals surface area contributed by atoms with Gasteiger partial charge in [0.05, 0.1) is 23.1 Å². The third kappa shape index (κ3) is 3.68. The number of aryl methyl sites for hydroxylation is 1. The fourth-order valence-corrected chi connectivity index (χ4v) is 4.00. The second-order valence-electron chi connectivity index (χ2n) is 7.53. The molecule has 30 heavy (non-hydrogen) atoms. The predicted molar refractivity (Wildman–Crippen MR) is 125 cm³/mol. The number of hydrazone groups is 1. The smallest absolute Gasteiger partial charge is 0.0981 e. The lowest BCUT2D eigenvalue weighted by atomic mass is 9.97. The molecule has 0 saturated carbocycles. The normalized spacial score (nSPS) is 15.7. The van der Waals surface area contributed by atoms with Crippen LogP contribution in [0.2, 0.25) is 0 Å². The summed E-state index contributed by atoms with van der Waals surface area (Å²) in [5, 5.41) is 9.59. The molecule has 3 aromatic carbocycles. The minimum absolute atomic E-state index is 0.0809. The molecule has 1 aliphatic heterocycles. The fourth-order valence-electron chi connectivity index (χ4n) is 3.74. The van der Waals surface area contributed by atoms with Crippen molar-refractivity contribution in [2.24, 2.45) is 5.10 Å². The van der Waals surface area contributed by atoms with Crippen LogP contribution in [0.3, 0.4) is 0 Å². The van der Waals surface area contributed by atoms with Crippen LogP contribution in [0.4, 0.5) is 0 Å². The van der Waals surface area contributed by atoms with E-state index >= 15 is 0 Å². The zero-order chi connectivity index (χ0) is 20.5. The Hall–Kier alpha value is -3.18. The number of halogens is 1. The highest BCUT2D eigenvalue weighted by Crippen LogP contribution is 2.33. The number of hydrogen-bond acceptors (Lipinski definition) is 3. The third-order valence-electron chi connectivity index (χ3n) is 5.39. The van der Waals surface area contributed by atoms with Crippen molar-refractivity contribution in [2.45, 2.75) is 19.4 Å². The van der Waals surface area contributed by atoms with E-state index in [9.17, 15) is 0 Å². The number of nitrogens with one attached hydrogen (secondary N) is 1. The van der Waals surface area contributed by atoms with E-state index in [0.717, 1.165) is 44.7 Å². The first-order chi connectivity index (χ1) is 14.7. The molecule has 4 nitrogen and oxygen atoms in total. The number of nitrogens with zero attached hydrogens (tertiary/aromatic N) is 3. The molecule has 0 aliphatic carbocycles. The van der Waals surface area contributed by atoms with E-state index in [4.69, 9.17) is 5.10 Å². The van der Waals surface area contributed by atoms with E-state index in [1.54, 1.807) is 0 Å². The summed E-state index contributed by atoms with van der Waals surface area (Å²) >= 11 is 3.50. The first-order valence-electron chi connectivity index (χ1n) is 9.97. The molecule has 0 radical (unpaired) electrons. The van der Waals surface area contributed by atoms with Crippen molar-refractivity contribution in [1.29, 1.82) is 0 Å². The van der Waals surface area contributed by atoms with E-state index < -0.39 is 0 Å². The van der Waals surface area contributed by atoms with Crippen molar-refractivity contribution in [1.82, 2.24) is 15.2 Å². The van der Waals surface area contributed by atoms with Crippen LogP contribution in [0, 0.1) is 6.92 Å². The first-order valence-corrected chi connectivity index (χ1v) is 10.8. The molecule has 1 aromatic heterocycles. The fraction of sp³-hybridized carbons (Fsp3) is 0.120. The summed E-state index contributed by atoms with van der Waals surface area (Å²) in [4.78, 5) is 0. The van der Waals surface area contributed by atoms with Gasteiger partial charge >= 0.3 is 0 Å². The van der Waals surface area contributed by atoms with Crippen molar-refractivity contribution < 1.29 is 0 Å². The Kier molecular flexibility index (Phi) is 4.97. The van der Waals surface area contributed by atoms with Crippen molar-refractivity contribution in [3.05, 3.63) is 106 Å². The van der Waals surface area contributed by atoms with Crippen LogP contribution in [0.15, 0.2) is 94.6 Å². The summed E-state index contributed by atoms with van der Waals surface area (Å²) in [5.41, 5.74) is 11.1. The predicted octanol–water partition coefficient (Wildman–Crippen LogP) is 6.05. The van der Waals surface area contributed by atoms with Crippen LogP contribution in [-0.2, 0) is 0 Å². The Labute approximate surface area is 184 Å². The summed E-state index contributed by atoms with van der Waals surface area (Å²) in [5.74, 6) is 0. The monoisotopic (exact) mass is 456 g/mol. The average Bonchev–Trinajstić information content (AvgIpc) is 3.43. The van der Waals surface area contributed by atoms with Gasteiger partial charge in [-0.25, -0.2) is 4.68 Å². The van der Waals surface area contributed by atoms with Crippen molar-refractivity contribution >= 4 is 21.6 Å². The summed E-state index contributed by atoms with van der Waals surface area (Å²) in [6, 6.07) is 27.2. The Bertz CT molecular complexity index is 1190. The molecule has 2 heterocycles. The van der Waals surface area contributed by atoms with Gasteiger partial charge in [-0.1, -0.05) is 76.1 Å². The molecule has 0 amide bonds. The molecule has 0 spiro atoms. The quantitative estimate of drug-likeness (QED) is 0.406. The first kappa shape index (κ1) is 18.8. The van der Waals surface area contributed by atoms with Crippen LogP contribution < -0.4 is 5.43 Å². The molecule has 1 atom stereocenters.